The Kier molecular flexibility index (Phi) is 9.07. The molecule has 2 unspecified atom stereocenters. The molecule has 0 radical (unpaired) electrons. The van der Waals surface area contributed by atoms with Crippen molar-refractivity contribution in [1.29, 1.82) is 0 Å². The number of rotatable bonds is 10. The number of carbonyl (C=O) groups excluding carboxylic acids is 1. The van der Waals surface area contributed by atoms with Gasteiger partial charge in [0.2, 0.25) is 0 Å². The molecular formula is C16H31NO3. The van der Waals surface area contributed by atoms with Crippen molar-refractivity contribution in [2.24, 2.45) is 11.8 Å². The van der Waals surface area contributed by atoms with Crippen LogP contribution in [0.15, 0.2) is 0 Å². The minimum absolute atomic E-state index is 0.217. The van der Waals surface area contributed by atoms with Crippen LogP contribution in [-0.4, -0.2) is 57.8 Å². The van der Waals surface area contributed by atoms with E-state index in [1.54, 1.807) is 14.2 Å². The predicted molar refractivity (Wildman–Crippen MR) is 80.9 cm³/mol. The summed E-state index contributed by atoms with van der Waals surface area (Å²) < 4.78 is 10.3. The summed E-state index contributed by atoms with van der Waals surface area (Å²) in [4.78, 5) is 14.4. The lowest BCUT2D eigenvalue weighted by molar-refractivity contribution is -0.126. The Balaban J connectivity index is 2.47. The molecule has 0 spiro atoms. The number of nitrogens with zero attached hydrogens (tertiary/aromatic N) is 1. The topological polar surface area (TPSA) is 38.8 Å². The molecule has 4 nitrogen and oxygen atoms in total. The Labute approximate surface area is 123 Å². The van der Waals surface area contributed by atoms with Crippen LogP contribution in [-0.2, 0) is 14.3 Å². The molecule has 0 aromatic rings. The van der Waals surface area contributed by atoms with E-state index in [0.717, 1.165) is 44.8 Å². The van der Waals surface area contributed by atoms with Crippen molar-refractivity contribution in [3.63, 3.8) is 0 Å². The smallest absolute Gasteiger partial charge is 0.137 e. The first kappa shape index (κ1) is 17.6. The molecule has 0 heterocycles. The van der Waals surface area contributed by atoms with Crippen LogP contribution in [0.5, 0.6) is 0 Å². The Bertz CT molecular complexity index is 262. The molecule has 0 aromatic heterocycles. The fraction of sp³-hybridized carbons (Fsp3) is 0.938. The average Bonchev–Trinajstić information content (AvgIpc) is 2.45. The normalized spacial score (nSPS) is 23.5. The quantitative estimate of drug-likeness (QED) is 0.618. The van der Waals surface area contributed by atoms with Gasteiger partial charge in [0.15, 0.2) is 0 Å². The van der Waals surface area contributed by atoms with Gasteiger partial charge in [0.1, 0.15) is 5.78 Å². The molecule has 2 atom stereocenters. The van der Waals surface area contributed by atoms with Crippen LogP contribution in [0.2, 0.25) is 0 Å². The summed E-state index contributed by atoms with van der Waals surface area (Å²) in [5.74, 6) is 1.42. The highest BCUT2D eigenvalue weighted by molar-refractivity contribution is 5.81. The summed E-state index contributed by atoms with van der Waals surface area (Å²) in [5.41, 5.74) is 0. The third-order valence-electron chi connectivity index (χ3n) is 4.27. The molecule has 1 fully saturated rings. The molecule has 20 heavy (non-hydrogen) atoms. The van der Waals surface area contributed by atoms with Crippen LogP contribution < -0.4 is 0 Å². The molecule has 1 saturated carbocycles. The highest BCUT2D eigenvalue weighted by Gasteiger charge is 2.29. The number of ketones is 1. The van der Waals surface area contributed by atoms with Gasteiger partial charge in [-0.2, -0.15) is 0 Å². The van der Waals surface area contributed by atoms with Crippen LogP contribution in [0.25, 0.3) is 0 Å². The van der Waals surface area contributed by atoms with E-state index in [0.29, 0.717) is 19.0 Å². The highest BCUT2D eigenvalue weighted by Crippen LogP contribution is 2.30. The number of methoxy groups -OCH3 is 2. The lowest BCUT2D eigenvalue weighted by Gasteiger charge is -2.32. The molecule has 0 saturated heterocycles. The zero-order chi connectivity index (χ0) is 14.8. The standard InChI is InChI=1S/C16H31NO3/c1-4-5-14-6-7-16(18)15(12-14)13-17(8-10-19-2)9-11-20-3/h14-15H,4-13H2,1-3H3. The van der Waals surface area contributed by atoms with E-state index in [1.807, 2.05) is 0 Å². The molecule has 0 amide bonds. The number of ether oxygens (including phenoxy) is 2. The lowest BCUT2D eigenvalue weighted by atomic mass is 9.78. The first-order valence-corrected chi connectivity index (χ1v) is 7.94. The average molecular weight is 285 g/mol. The van der Waals surface area contributed by atoms with Gasteiger partial charge in [-0.3, -0.25) is 9.69 Å². The third-order valence-corrected chi connectivity index (χ3v) is 4.27. The van der Waals surface area contributed by atoms with Gasteiger partial charge in [0, 0.05) is 46.2 Å². The maximum atomic E-state index is 12.1. The molecule has 0 N–H and O–H groups in total. The van der Waals surface area contributed by atoms with E-state index >= 15 is 0 Å². The molecule has 4 heteroatoms. The maximum Gasteiger partial charge on any atom is 0.137 e. The van der Waals surface area contributed by atoms with Crippen molar-refractivity contribution in [2.45, 2.75) is 39.0 Å². The maximum absolute atomic E-state index is 12.1. The van der Waals surface area contributed by atoms with Gasteiger partial charge in [0.25, 0.3) is 0 Å². The van der Waals surface area contributed by atoms with Crippen molar-refractivity contribution in [3.8, 4) is 0 Å². The van der Waals surface area contributed by atoms with Gasteiger partial charge in [-0.1, -0.05) is 19.8 Å². The van der Waals surface area contributed by atoms with E-state index < -0.39 is 0 Å². The van der Waals surface area contributed by atoms with Crippen LogP contribution in [0.4, 0.5) is 0 Å². The summed E-state index contributed by atoms with van der Waals surface area (Å²) >= 11 is 0. The van der Waals surface area contributed by atoms with Crippen LogP contribution in [0.1, 0.15) is 39.0 Å². The monoisotopic (exact) mass is 285 g/mol. The van der Waals surface area contributed by atoms with Gasteiger partial charge in [-0.05, 0) is 18.8 Å². The summed E-state index contributed by atoms with van der Waals surface area (Å²) in [6, 6.07) is 0. The predicted octanol–water partition coefficient (Wildman–Crippen LogP) is 2.37. The second kappa shape index (κ2) is 10.3. The van der Waals surface area contributed by atoms with Gasteiger partial charge >= 0.3 is 0 Å². The first-order valence-electron chi connectivity index (χ1n) is 7.94. The van der Waals surface area contributed by atoms with Crippen molar-refractivity contribution < 1.29 is 14.3 Å². The van der Waals surface area contributed by atoms with Crippen molar-refractivity contribution in [1.82, 2.24) is 4.90 Å². The SMILES string of the molecule is CCCC1CCC(=O)C(CN(CCOC)CCOC)C1. The second-order valence-corrected chi connectivity index (χ2v) is 5.88. The third kappa shape index (κ3) is 6.33. The fourth-order valence-corrected chi connectivity index (χ4v) is 3.10. The second-order valence-electron chi connectivity index (χ2n) is 5.88. The van der Waals surface area contributed by atoms with Gasteiger partial charge < -0.3 is 9.47 Å². The Morgan fingerprint density at radius 1 is 1.20 bits per heavy atom. The highest BCUT2D eigenvalue weighted by atomic mass is 16.5. The summed E-state index contributed by atoms with van der Waals surface area (Å²) in [7, 11) is 3.44. The Hall–Kier alpha value is -0.450. The van der Waals surface area contributed by atoms with Crippen LogP contribution in [0, 0.1) is 11.8 Å². The Morgan fingerprint density at radius 2 is 1.85 bits per heavy atom. The zero-order valence-corrected chi connectivity index (χ0v) is 13.4. The molecule has 1 rings (SSSR count). The largest absolute Gasteiger partial charge is 0.383 e. The summed E-state index contributed by atoms with van der Waals surface area (Å²) in [6.07, 6.45) is 5.43. The molecule has 1 aliphatic carbocycles. The number of Topliss-reactive ketones (excluding diaryl/α,β-unsaturated/α-hetero) is 1. The molecule has 0 aliphatic heterocycles. The van der Waals surface area contributed by atoms with Gasteiger partial charge in [0.05, 0.1) is 13.2 Å². The minimum Gasteiger partial charge on any atom is -0.383 e. The minimum atomic E-state index is 0.217. The molecule has 0 aromatic carbocycles. The van der Waals surface area contributed by atoms with Crippen molar-refractivity contribution >= 4 is 5.78 Å². The van der Waals surface area contributed by atoms with E-state index in [-0.39, 0.29) is 5.92 Å². The zero-order valence-electron chi connectivity index (χ0n) is 13.4. The molecule has 118 valence electrons. The summed E-state index contributed by atoms with van der Waals surface area (Å²) in [6.45, 7) is 6.27. The van der Waals surface area contributed by atoms with Crippen LogP contribution in [0.3, 0.4) is 0 Å². The number of hydrogen-bond donors (Lipinski definition) is 0. The van der Waals surface area contributed by atoms with Crippen molar-refractivity contribution in [3.05, 3.63) is 0 Å². The van der Waals surface area contributed by atoms with E-state index in [1.165, 1.54) is 12.8 Å². The molecular weight excluding hydrogens is 254 g/mol. The Morgan fingerprint density at radius 3 is 2.40 bits per heavy atom. The first-order chi connectivity index (χ1) is 9.71. The van der Waals surface area contributed by atoms with E-state index in [9.17, 15) is 4.79 Å². The van der Waals surface area contributed by atoms with Crippen molar-refractivity contribution in [2.75, 3.05) is 47.1 Å². The molecule has 1 aliphatic rings. The lowest BCUT2D eigenvalue weighted by Crippen LogP contribution is -2.39. The van der Waals surface area contributed by atoms with Gasteiger partial charge in [-0.25, -0.2) is 0 Å². The number of hydrogen-bond acceptors (Lipinski definition) is 4. The van der Waals surface area contributed by atoms with Crippen LogP contribution >= 0.6 is 0 Å². The van der Waals surface area contributed by atoms with E-state index in [2.05, 4.69) is 11.8 Å². The van der Waals surface area contributed by atoms with Gasteiger partial charge in [-0.15, -0.1) is 0 Å². The fourth-order valence-electron chi connectivity index (χ4n) is 3.10. The molecule has 0 bridgehead atoms. The number of carbonyl (C=O) groups is 1. The van der Waals surface area contributed by atoms with E-state index in [4.69, 9.17) is 9.47 Å². The summed E-state index contributed by atoms with van der Waals surface area (Å²) in [5, 5.41) is 0.